The van der Waals surface area contributed by atoms with E-state index in [0.717, 1.165) is 14.9 Å². The number of hydrogen-bond donors (Lipinski definition) is 1. The standard InChI is InChI=1S/C10H10NO2.3C4H9.Sn/c1-13-9-5-2-8(3-6-9)4-7-10(11)12;3*1-3-4-2;/h2-6H,1H3,(H2,11,12);3*1,3-4H2,2H3;. The normalized spacial score (nSPS) is 12.2. The van der Waals surface area contributed by atoms with Gasteiger partial charge in [0.05, 0.1) is 0 Å². The summed E-state index contributed by atoms with van der Waals surface area (Å²) in [5.74, 6) is 0.653. The number of rotatable bonds is 13. The molecule has 0 aliphatic carbocycles. The molecule has 3 nitrogen and oxygen atoms in total. The van der Waals surface area contributed by atoms with Gasteiger partial charge in [-0.3, -0.25) is 0 Å². The molecule has 0 aliphatic rings. The predicted octanol–water partition coefficient (Wildman–Crippen LogP) is 5.95. The van der Waals surface area contributed by atoms with Crippen LogP contribution in [-0.2, 0) is 4.79 Å². The van der Waals surface area contributed by atoms with Gasteiger partial charge in [-0.05, 0) is 0 Å². The van der Waals surface area contributed by atoms with Crippen LogP contribution >= 0.6 is 0 Å². The van der Waals surface area contributed by atoms with Gasteiger partial charge in [0.25, 0.3) is 0 Å². The third-order valence-corrected chi connectivity index (χ3v) is 20.9. The fraction of sp³-hybridized carbons (Fsp3) is 0.591. The van der Waals surface area contributed by atoms with E-state index in [1.165, 1.54) is 51.8 Å². The molecule has 1 amide bonds. The van der Waals surface area contributed by atoms with Gasteiger partial charge in [0, 0.05) is 0 Å². The summed E-state index contributed by atoms with van der Waals surface area (Å²) < 4.78 is 10.0. The fourth-order valence-corrected chi connectivity index (χ4v) is 19.8. The van der Waals surface area contributed by atoms with E-state index in [-0.39, 0.29) is 5.91 Å². The Hall–Kier alpha value is -0.971. The van der Waals surface area contributed by atoms with Gasteiger partial charge in [-0.15, -0.1) is 0 Å². The van der Waals surface area contributed by atoms with Gasteiger partial charge in [0.1, 0.15) is 0 Å². The van der Waals surface area contributed by atoms with Gasteiger partial charge in [0.15, 0.2) is 0 Å². The number of nitrogens with two attached hydrogens (primary N) is 1. The summed E-state index contributed by atoms with van der Waals surface area (Å²) in [7, 11) is 1.67. The first kappa shape index (κ1) is 23.1. The van der Waals surface area contributed by atoms with E-state index in [4.69, 9.17) is 10.5 Å². The summed E-state index contributed by atoms with van der Waals surface area (Å²) in [6.07, 6.45) is 9.32. The van der Waals surface area contributed by atoms with Crippen molar-refractivity contribution in [1.29, 1.82) is 0 Å². The van der Waals surface area contributed by atoms with E-state index in [1.54, 1.807) is 7.11 Å². The van der Waals surface area contributed by atoms with Gasteiger partial charge >= 0.3 is 165 Å². The monoisotopic (exact) mass is 467 g/mol. The summed E-state index contributed by atoms with van der Waals surface area (Å²) in [6, 6.07) is 7.95. The zero-order valence-electron chi connectivity index (χ0n) is 17.1. The molecule has 4 heteroatoms. The maximum absolute atomic E-state index is 12.5. The van der Waals surface area contributed by atoms with E-state index in [1.807, 2.05) is 24.3 Å². The number of carbonyl (C=O) groups excluding carboxylic acids is 1. The van der Waals surface area contributed by atoms with Gasteiger partial charge in [-0.1, -0.05) is 0 Å². The van der Waals surface area contributed by atoms with Crippen molar-refractivity contribution in [3.05, 3.63) is 33.4 Å². The van der Waals surface area contributed by atoms with Crippen LogP contribution in [0.4, 0.5) is 0 Å². The van der Waals surface area contributed by atoms with Crippen molar-refractivity contribution in [1.82, 2.24) is 0 Å². The molecule has 1 rings (SSSR count). The minimum absolute atomic E-state index is 0.181. The van der Waals surface area contributed by atoms with Crippen LogP contribution in [0, 0.1) is 0 Å². The molecule has 2 N–H and O–H groups in total. The summed E-state index contributed by atoms with van der Waals surface area (Å²) in [4.78, 5) is 12.5. The van der Waals surface area contributed by atoms with Gasteiger partial charge in [-0.25, -0.2) is 0 Å². The molecule has 0 aliphatic heterocycles. The first-order valence-corrected chi connectivity index (χ1v) is 17.7. The molecule has 0 saturated heterocycles. The molecule has 1 aromatic rings. The van der Waals surface area contributed by atoms with E-state index in [0.29, 0.717) is 0 Å². The Morgan fingerprint density at radius 3 is 1.77 bits per heavy atom. The van der Waals surface area contributed by atoms with Crippen molar-refractivity contribution in [3.8, 4) is 5.75 Å². The molecule has 0 bridgehead atoms. The van der Waals surface area contributed by atoms with Crippen LogP contribution in [0.3, 0.4) is 0 Å². The number of carbonyl (C=O) groups is 1. The Bertz CT molecular complexity index is 544. The molecular weight excluding hydrogens is 429 g/mol. The fourth-order valence-electron chi connectivity index (χ4n) is 3.68. The Morgan fingerprint density at radius 1 is 0.962 bits per heavy atom. The van der Waals surface area contributed by atoms with Crippen molar-refractivity contribution in [3.63, 3.8) is 0 Å². The van der Waals surface area contributed by atoms with E-state index < -0.39 is 18.4 Å². The molecule has 0 heterocycles. The second-order valence-electron chi connectivity index (χ2n) is 7.29. The maximum atomic E-state index is 12.5. The third kappa shape index (κ3) is 6.97. The number of amides is 1. The molecule has 0 radical (unpaired) electrons. The van der Waals surface area contributed by atoms with Crippen molar-refractivity contribution in [2.75, 3.05) is 7.11 Å². The molecular formula is C22H37NO2Sn. The Morgan fingerprint density at radius 2 is 1.42 bits per heavy atom. The Labute approximate surface area is 164 Å². The van der Waals surface area contributed by atoms with Gasteiger partial charge in [-0.2, -0.15) is 0 Å². The van der Waals surface area contributed by atoms with Crippen LogP contribution in [-0.4, -0.2) is 31.4 Å². The molecule has 0 atom stereocenters. The van der Waals surface area contributed by atoms with Crippen LogP contribution in [0.5, 0.6) is 5.75 Å². The second-order valence-corrected chi connectivity index (χ2v) is 20.4. The molecule has 0 aromatic heterocycles. The summed E-state index contributed by atoms with van der Waals surface area (Å²) in [6.45, 7) is 6.73. The van der Waals surface area contributed by atoms with Crippen molar-refractivity contribution in [2.45, 2.75) is 72.6 Å². The zero-order valence-corrected chi connectivity index (χ0v) is 20.0. The number of unbranched alkanes of at least 4 members (excludes halogenated alkanes) is 3. The Balaban J connectivity index is 3.33. The number of methoxy groups -OCH3 is 1. The van der Waals surface area contributed by atoms with Crippen molar-refractivity contribution >= 4 is 30.4 Å². The van der Waals surface area contributed by atoms with Crippen LogP contribution in [0.15, 0.2) is 27.9 Å². The van der Waals surface area contributed by atoms with E-state index >= 15 is 0 Å². The summed E-state index contributed by atoms with van der Waals surface area (Å²) in [5, 5.41) is 0. The van der Waals surface area contributed by atoms with Crippen LogP contribution < -0.4 is 10.5 Å². The summed E-state index contributed by atoms with van der Waals surface area (Å²) >= 11 is -2.82. The summed E-state index contributed by atoms with van der Waals surface area (Å²) in [5.41, 5.74) is 7.02. The second kappa shape index (κ2) is 12.4. The van der Waals surface area contributed by atoms with Crippen LogP contribution in [0.2, 0.25) is 13.3 Å². The third-order valence-electron chi connectivity index (χ3n) is 5.29. The topological polar surface area (TPSA) is 52.3 Å². The van der Waals surface area contributed by atoms with E-state index in [2.05, 4.69) is 26.8 Å². The SMILES string of the molecule is CCC[CH2][Sn]([CH2]CCC)([CH2]CCC)[C](=Cc1ccc(OC)cc1)C(N)=O. The molecule has 26 heavy (non-hydrogen) atoms. The van der Waals surface area contributed by atoms with Crippen molar-refractivity contribution in [2.24, 2.45) is 5.73 Å². The predicted molar refractivity (Wildman–Crippen MR) is 115 cm³/mol. The average Bonchev–Trinajstić information content (AvgIpc) is 2.66. The quantitative estimate of drug-likeness (QED) is 0.289. The van der Waals surface area contributed by atoms with Gasteiger partial charge < -0.3 is 0 Å². The van der Waals surface area contributed by atoms with Crippen LogP contribution in [0.25, 0.3) is 6.08 Å². The first-order valence-electron chi connectivity index (χ1n) is 10.2. The minimum atomic E-state index is -2.82. The number of benzene rings is 1. The number of primary amides is 1. The van der Waals surface area contributed by atoms with Gasteiger partial charge in [0.2, 0.25) is 0 Å². The molecule has 1 aromatic carbocycles. The first-order chi connectivity index (χ1) is 12.5. The molecule has 0 saturated carbocycles. The molecule has 0 fully saturated rings. The molecule has 146 valence electrons. The number of hydrogen-bond acceptors (Lipinski definition) is 2. The van der Waals surface area contributed by atoms with Crippen molar-refractivity contribution < 1.29 is 9.53 Å². The zero-order chi connectivity index (χ0) is 19.4. The Kier molecular flexibility index (Phi) is 11.0. The molecule has 0 spiro atoms. The van der Waals surface area contributed by atoms with E-state index in [9.17, 15) is 4.79 Å². The van der Waals surface area contributed by atoms with Crippen LogP contribution in [0.1, 0.15) is 64.9 Å². The number of ether oxygens (including phenoxy) is 1. The molecule has 0 unspecified atom stereocenters. The average molecular weight is 466 g/mol.